The number of carbonyl (C=O) groups excluding carboxylic acids is 3. The summed E-state index contributed by atoms with van der Waals surface area (Å²) in [5.74, 6) is -5.55. The van der Waals surface area contributed by atoms with E-state index in [0.717, 1.165) is 12.8 Å². The number of carboxylic acids is 2. The van der Waals surface area contributed by atoms with Crippen LogP contribution in [0.1, 0.15) is 40.0 Å². The van der Waals surface area contributed by atoms with Crippen LogP contribution in [0.3, 0.4) is 0 Å². The molecule has 11 atom stereocenters. The van der Waals surface area contributed by atoms with Gasteiger partial charge in [-0.1, -0.05) is 26.0 Å². The number of halogens is 6. The number of carbonyl (C=O) groups is 3. The van der Waals surface area contributed by atoms with Crippen LogP contribution >= 0.6 is 0 Å². The molecule has 3 aliphatic carbocycles. The lowest BCUT2D eigenvalue weighted by molar-refractivity contribution is -0.344. The fourth-order valence-corrected chi connectivity index (χ4v) is 10.1. The van der Waals surface area contributed by atoms with E-state index in [4.69, 9.17) is 47.1 Å². The number of hydrogen-bond donors (Lipinski definition) is 0. The van der Waals surface area contributed by atoms with Crippen molar-refractivity contribution in [2.24, 2.45) is 34.5 Å². The summed E-state index contributed by atoms with van der Waals surface area (Å²) in [4.78, 5) is 31.4. The summed E-state index contributed by atoms with van der Waals surface area (Å²) in [6.07, 6.45) is 3.75. The van der Waals surface area contributed by atoms with Gasteiger partial charge in [-0.05, 0) is 37.0 Å². The Morgan fingerprint density at radius 1 is 0.960 bits per heavy atom. The summed E-state index contributed by atoms with van der Waals surface area (Å²) < 4.78 is 102. The van der Waals surface area contributed by atoms with Crippen LogP contribution in [0.2, 0.25) is 0 Å². The number of carboxylic acid groups (broad SMARTS) is 2. The SMILES string of the molecule is CCO[C@@H]1C[C@@H]2[C@@]34CO[C@]2(C(=O)OC)C(O[S+](C)C)C(O[S+](C)C)[C@@H]3[C@@]2(C)CC=C[C@@H](C)[C@@H]2C[C@H]4O1.O=C([O-])C(F)(F)F.O=C([O-])C(F)(F)F. The van der Waals surface area contributed by atoms with Gasteiger partial charge in [0.2, 0.25) is 5.60 Å². The molecule has 0 aromatic rings. The van der Waals surface area contributed by atoms with Gasteiger partial charge in [-0.25, -0.2) is 4.79 Å². The Balaban J connectivity index is 0.000000408. The van der Waals surface area contributed by atoms with E-state index in [2.05, 4.69) is 38.5 Å². The molecule has 0 radical (unpaired) electrons. The molecule has 1 spiro atoms. The Hall–Kier alpha value is -1.77. The first-order valence-electron chi connectivity index (χ1n) is 15.7. The predicted molar refractivity (Wildman–Crippen MR) is 164 cm³/mol. The maximum absolute atomic E-state index is 13.8. The molecule has 50 heavy (non-hydrogen) atoms. The first-order valence-corrected chi connectivity index (χ1v) is 19.6. The molecule has 5 aliphatic rings. The van der Waals surface area contributed by atoms with Gasteiger partial charge < -0.3 is 38.7 Å². The Kier molecular flexibility index (Phi) is 13.4. The van der Waals surface area contributed by atoms with Gasteiger partial charge >= 0.3 is 18.3 Å². The summed E-state index contributed by atoms with van der Waals surface area (Å²) in [5, 5.41) is 17.6. The minimum atomic E-state index is -5.19. The Labute approximate surface area is 292 Å². The summed E-state index contributed by atoms with van der Waals surface area (Å²) >= 11 is -0.729. The molecule has 5 rings (SSSR count). The highest BCUT2D eigenvalue weighted by Gasteiger charge is 2.84. The minimum absolute atomic E-state index is 0.0353. The van der Waals surface area contributed by atoms with Gasteiger partial charge in [-0.2, -0.15) is 34.7 Å². The van der Waals surface area contributed by atoms with E-state index in [1.54, 1.807) is 0 Å². The standard InChI is InChI=1S/C27H44O7S2.2C2HF3O2/c1-9-30-20-14-18-26-15-31-27(18,24(28)29-4)23(34-36(7)8)21(33-35(5)6)22(26)25(3)12-10-11-16(2)17(25)13-19(26)32-20;2*3-2(4,5)1(6)7/h10-11,16-23H,9,12-15H2,1-8H3;2*(H,6,7)/q+2;;/p-2/t16-,17+,18-,19-,20+,21?,22-,23?,25+,26-,27+;;/m1../s1. The quantitative estimate of drug-likeness (QED) is 0.162. The van der Waals surface area contributed by atoms with Crippen molar-refractivity contribution in [3.05, 3.63) is 12.2 Å². The summed E-state index contributed by atoms with van der Waals surface area (Å²) in [6, 6.07) is 0. The van der Waals surface area contributed by atoms with Crippen LogP contribution in [0.5, 0.6) is 0 Å². The van der Waals surface area contributed by atoms with Gasteiger partial charge in [0, 0.05) is 30.3 Å². The molecule has 2 heterocycles. The molecule has 0 N–H and O–H groups in total. The van der Waals surface area contributed by atoms with E-state index in [1.165, 1.54) is 7.11 Å². The number of alkyl halides is 6. The van der Waals surface area contributed by atoms with Crippen molar-refractivity contribution in [2.75, 3.05) is 45.3 Å². The van der Waals surface area contributed by atoms with Crippen molar-refractivity contribution < 1.29 is 78.3 Å². The zero-order valence-electron chi connectivity index (χ0n) is 28.9. The van der Waals surface area contributed by atoms with Crippen molar-refractivity contribution in [2.45, 2.75) is 82.6 Å². The number of fused-ring (bicyclic) bond motifs is 2. The molecule has 2 unspecified atom stereocenters. The zero-order chi connectivity index (χ0) is 38.2. The fraction of sp³-hybridized carbons (Fsp3) is 0.839. The van der Waals surface area contributed by atoms with Crippen molar-refractivity contribution in [1.82, 2.24) is 0 Å². The van der Waals surface area contributed by atoms with E-state index in [9.17, 15) is 31.1 Å². The van der Waals surface area contributed by atoms with Crippen LogP contribution in [0.25, 0.3) is 0 Å². The molecule has 2 aliphatic heterocycles. The van der Waals surface area contributed by atoms with Crippen LogP contribution in [-0.2, 0) is 64.0 Å². The van der Waals surface area contributed by atoms with Crippen molar-refractivity contribution in [1.29, 1.82) is 0 Å². The topological polar surface area (TPSA) is 153 Å². The fourth-order valence-electron chi connectivity index (χ4n) is 8.82. The molecule has 0 aromatic carbocycles. The summed E-state index contributed by atoms with van der Waals surface area (Å²) in [5.41, 5.74) is -1.66. The second-order valence-corrected chi connectivity index (χ2v) is 16.8. The molecule has 2 saturated carbocycles. The van der Waals surface area contributed by atoms with Crippen molar-refractivity contribution in [3.63, 3.8) is 0 Å². The first kappa shape index (κ1) is 42.6. The molecular weight excluding hydrogens is 726 g/mol. The van der Waals surface area contributed by atoms with Gasteiger partial charge in [-0.15, -0.1) is 0 Å². The third-order valence-corrected chi connectivity index (χ3v) is 11.5. The third kappa shape index (κ3) is 7.93. The van der Waals surface area contributed by atoms with E-state index in [1.807, 2.05) is 19.4 Å². The number of aliphatic carboxylic acids is 2. The van der Waals surface area contributed by atoms with Crippen LogP contribution in [0, 0.1) is 34.5 Å². The highest BCUT2D eigenvalue weighted by molar-refractivity contribution is 7.91. The Bertz CT molecular complexity index is 1240. The molecule has 11 nitrogen and oxygen atoms in total. The largest absolute Gasteiger partial charge is 0.542 e. The highest BCUT2D eigenvalue weighted by Crippen LogP contribution is 2.73. The number of hydrogen-bond acceptors (Lipinski definition) is 11. The third-order valence-electron chi connectivity index (χ3n) is 10.3. The zero-order valence-corrected chi connectivity index (χ0v) is 30.5. The number of allylic oxidation sites excluding steroid dienone is 2. The van der Waals surface area contributed by atoms with Crippen LogP contribution in [0.15, 0.2) is 12.2 Å². The van der Waals surface area contributed by atoms with E-state index < -0.39 is 47.2 Å². The first-order chi connectivity index (χ1) is 22.9. The lowest BCUT2D eigenvalue weighted by Gasteiger charge is -2.68. The molecule has 4 fully saturated rings. The van der Waals surface area contributed by atoms with Gasteiger partial charge in [0.1, 0.15) is 59.3 Å². The molecule has 2 bridgehead atoms. The predicted octanol–water partition coefficient (Wildman–Crippen LogP) is 1.89. The summed E-state index contributed by atoms with van der Waals surface area (Å²) in [6.45, 7) is 7.76. The van der Waals surface area contributed by atoms with Crippen LogP contribution < -0.4 is 10.2 Å². The molecule has 19 heteroatoms. The second kappa shape index (κ2) is 15.7. The maximum atomic E-state index is 13.8. The van der Waals surface area contributed by atoms with Crippen LogP contribution in [-0.4, -0.2) is 106 Å². The molecule has 0 aromatic heterocycles. The molecule has 2 saturated heterocycles. The number of rotatable bonds is 7. The Morgan fingerprint density at radius 2 is 1.50 bits per heavy atom. The van der Waals surface area contributed by atoms with E-state index >= 15 is 0 Å². The van der Waals surface area contributed by atoms with Gasteiger partial charge in [0.15, 0.2) is 18.5 Å². The number of ether oxygens (including phenoxy) is 4. The monoisotopic (exact) mass is 770 g/mol. The Morgan fingerprint density at radius 3 is 1.96 bits per heavy atom. The lowest BCUT2D eigenvalue weighted by Crippen LogP contribution is -2.77. The van der Waals surface area contributed by atoms with Crippen molar-refractivity contribution >= 4 is 40.3 Å². The number of esters is 1. The smallest absolute Gasteiger partial charge is 0.430 e. The van der Waals surface area contributed by atoms with E-state index in [-0.39, 0.29) is 58.3 Å². The molecular formula is C31H44F6O11S2. The van der Waals surface area contributed by atoms with Gasteiger partial charge in [0.05, 0.1) is 19.8 Å². The van der Waals surface area contributed by atoms with Crippen molar-refractivity contribution in [3.8, 4) is 0 Å². The minimum Gasteiger partial charge on any atom is -0.542 e. The summed E-state index contributed by atoms with van der Waals surface area (Å²) in [7, 11) is 1.45. The average Bonchev–Trinajstić information content (AvgIpc) is 3.26. The van der Waals surface area contributed by atoms with Gasteiger partial charge in [-0.3, -0.25) is 0 Å². The van der Waals surface area contributed by atoms with E-state index in [0.29, 0.717) is 31.5 Å². The van der Waals surface area contributed by atoms with Gasteiger partial charge in [0.25, 0.3) is 0 Å². The average molecular weight is 771 g/mol. The highest BCUT2D eigenvalue weighted by atomic mass is 32.2. The molecule has 0 amide bonds. The van der Waals surface area contributed by atoms with Crippen LogP contribution in [0.4, 0.5) is 26.3 Å². The second-order valence-electron chi connectivity index (χ2n) is 13.4. The molecule has 288 valence electrons. The normalized spacial score (nSPS) is 38.6. The maximum Gasteiger partial charge on any atom is 0.430 e. The number of methoxy groups -OCH3 is 1. The lowest BCUT2D eigenvalue weighted by atomic mass is 9.38.